The molecule has 0 aromatic carbocycles. The zero-order chi connectivity index (χ0) is 13.0. The van der Waals surface area contributed by atoms with Crippen molar-refractivity contribution in [3.63, 3.8) is 0 Å². The van der Waals surface area contributed by atoms with E-state index in [4.69, 9.17) is 0 Å². The van der Waals surface area contributed by atoms with E-state index in [2.05, 4.69) is 17.1 Å². The number of amides is 2. The molecule has 0 radical (unpaired) electrons. The Morgan fingerprint density at radius 1 is 1.16 bits per heavy atom. The van der Waals surface area contributed by atoms with Crippen molar-refractivity contribution in [1.82, 2.24) is 9.88 Å². The Bertz CT molecular complexity index is 551. The van der Waals surface area contributed by atoms with Crippen LogP contribution in [0.3, 0.4) is 0 Å². The third-order valence-corrected chi connectivity index (χ3v) is 4.63. The summed E-state index contributed by atoms with van der Waals surface area (Å²) in [6, 6.07) is 3.72. The smallest absolute Gasteiger partial charge is 0.234 e. The number of nitrogens with zero attached hydrogens (tertiary/aromatic N) is 2. The maximum Gasteiger partial charge on any atom is 0.234 e. The Balaban J connectivity index is 1.62. The molecule has 2 aliphatic carbocycles. The zero-order valence-corrected chi connectivity index (χ0v) is 10.4. The van der Waals surface area contributed by atoms with Crippen LogP contribution in [-0.2, 0) is 16.1 Å². The Hall–Kier alpha value is -1.97. The minimum atomic E-state index is -0.0980. The quantitative estimate of drug-likeness (QED) is 0.592. The predicted molar refractivity (Wildman–Crippen MR) is 67.5 cm³/mol. The number of pyridine rings is 1. The predicted octanol–water partition coefficient (Wildman–Crippen LogP) is 1.39. The van der Waals surface area contributed by atoms with Crippen LogP contribution in [-0.4, -0.2) is 21.7 Å². The number of fused-ring (bicyclic) bond motifs is 5. The van der Waals surface area contributed by atoms with Crippen molar-refractivity contribution in [1.29, 1.82) is 0 Å². The number of allylic oxidation sites excluding steroid dienone is 2. The van der Waals surface area contributed by atoms with Gasteiger partial charge in [-0.15, -0.1) is 0 Å². The van der Waals surface area contributed by atoms with Gasteiger partial charge in [0.1, 0.15) is 0 Å². The molecule has 1 aliphatic heterocycles. The Kier molecular flexibility index (Phi) is 2.16. The summed E-state index contributed by atoms with van der Waals surface area (Å²) >= 11 is 0. The first-order chi connectivity index (χ1) is 9.25. The zero-order valence-electron chi connectivity index (χ0n) is 10.4. The van der Waals surface area contributed by atoms with E-state index < -0.39 is 0 Å². The summed E-state index contributed by atoms with van der Waals surface area (Å²) < 4.78 is 0. The number of rotatable bonds is 2. The number of hydrogen-bond donors (Lipinski definition) is 0. The molecule has 2 amide bonds. The van der Waals surface area contributed by atoms with Crippen LogP contribution in [0.4, 0.5) is 0 Å². The van der Waals surface area contributed by atoms with Crippen LogP contribution in [0.5, 0.6) is 0 Å². The lowest BCUT2D eigenvalue weighted by Crippen LogP contribution is -2.32. The Morgan fingerprint density at radius 3 is 2.42 bits per heavy atom. The monoisotopic (exact) mass is 254 g/mol. The lowest BCUT2D eigenvalue weighted by molar-refractivity contribution is -0.141. The average molecular weight is 254 g/mol. The molecule has 4 heteroatoms. The molecule has 1 saturated heterocycles. The minimum absolute atomic E-state index is 0.00991. The molecule has 3 aliphatic rings. The molecule has 0 unspecified atom stereocenters. The summed E-state index contributed by atoms with van der Waals surface area (Å²) in [6.07, 6.45) is 8.61. The van der Waals surface area contributed by atoms with Gasteiger partial charge in [0.2, 0.25) is 11.8 Å². The van der Waals surface area contributed by atoms with Gasteiger partial charge in [0.15, 0.2) is 0 Å². The fourth-order valence-corrected chi connectivity index (χ4v) is 3.79. The lowest BCUT2D eigenvalue weighted by Gasteiger charge is -2.16. The highest BCUT2D eigenvalue weighted by Crippen LogP contribution is 2.52. The first-order valence-corrected chi connectivity index (χ1v) is 6.68. The van der Waals surface area contributed by atoms with Gasteiger partial charge in [0, 0.05) is 12.4 Å². The maximum atomic E-state index is 12.4. The minimum Gasteiger partial charge on any atom is -0.278 e. The van der Waals surface area contributed by atoms with Gasteiger partial charge in [-0.3, -0.25) is 19.5 Å². The van der Waals surface area contributed by atoms with Crippen molar-refractivity contribution in [2.24, 2.45) is 23.7 Å². The fourth-order valence-electron chi connectivity index (χ4n) is 3.79. The topological polar surface area (TPSA) is 50.3 Å². The molecule has 4 atom stereocenters. The number of carbonyl (C=O) groups excluding carboxylic acids is 2. The van der Waals surface area contributed by atoms with Crippen molar-refractivity contribution in [2.75, 3.05) is 0 Å². The number of hydrogen-bond acceptors (Lipinski definition) is 3. The van der Waals surface area contributed by atoms with E-state index in [-0.39, 0.29) is 35.5 Å². The second-order valence-electron chi connectivity index (χ2n) is 5.62. The third kappa shape index (κ3) is 1.43. The van der Waals surface area contributed by atoms with Gasteiger partial charge in [0.05, 0.1) is 18.4 Å². The average Bonchev–Trinajstić information content (AvgIpc) is 3.10. The highest BCUT2D eigenvalue weighted by molar-refractivity contribution is 6.06. The van der Waals surface area contributed by atoms with E-state index in [1.54, 1.807) is 12.4 Å². The molecule has 1 saturated carbocycles. The van der Waals surface area contributed by atoms with Crippen LogP contribution in [0.15, 0.2) is 36.7 Å². The van der Waals surface area contributed by atoms with Gasteiger partial charge in [-0.1, -0.05) is 18.2 Å². The van der Waals surface area contributed by atoms with Gasteiger partial charge < -0.3 is 0 Å². The van der Waals surface area contributed by atoms with Crippen LogP contribution >= 0.6 is 0 Å². The molecular weight excluding hydrogens is 240 g/mol. The SMILES string of the molecule is O=C1[C@@H]2[C@H](C(=O)N1Cc1cccnc1)[C@H]1C=C[C@H]2C1. The molecule has 1 aromatic heterocycles. The standard InChI is InChI=1S/C15H14N2O2/c18-14-12-10-3-4-11(6-10)13(12)15(19)17(14)8-9-2-1-5-16-7-9/h1-5,7,10-13H,6,8H2/t10-,11-,12-,13+/m0/s1. The van der Waals surface area contributed by atoms with Crippen molar-refractivity contribution in [2.45, 2.75) is 13.0 Å². The Labute approximate surface area is 111 Å². The van der Waals surface area contributed by atoms with Crippen LogP contribution in [0.25, 0.3) is 0 Å². The normalized spacial score (nSPS) is 35.3. The van der Waals surface area contributed by atoms with Gasteiger partial charge >= 0.3 is 0 Å². The molecular formula is C15H14N2O2. The van der Waals surface area contributed by atoms with E-state index in [1.807, 2.05) is 12.1 Å². The van der Waals surface area contributed by atoms with Crippen molar-refractivity contribution >= 4 is 11.8 Å². The van der Waals surface area contributed by atoms with Gasteiger partial charge in [-0.05, 0) is 29.9 Å². The van der Waals surface area contributed by atoms with Crippen molar-refractivity contribution in [3.8, 4) is 0 Å². The molecule has 0 spiro atoms. The lowest BCUT2D eigenvalue weighted by atomic mass is 9.85. The molecule has 19 heavy (non-hydrogen) atoms. The van der Waals surface area contributed by atoms with Crippen LogP contribution < -0.4 is 0 Å². The van der Waals surface area contributed by atoms with Crippen molar-refractivity contribution < 1.29 is 9.59 Å². The number of aromatic nitrogens is 1. The second kappa shape index (κ2) is 3.76. The summed E-state index contributed by atoms with van der Waals surface area (Å²) in [7, 11) is 0. The van der Waals surface area contributed by atoms with Crippen LogP contribution in [0.1, 0.15) is 12.0 Å². The summed E-state index contributed by atoms with van der Waals surface area (Å²) in [5.74, 6) is 0.389. The molecule has 96 valence electrons. The maximum absolute atomic E-state index is 12.4. The summed E-state index contributed by atoms with van der Waals surface area (Å²) in [5.41, 5.74) is 0.907. The Morgan fingerprint density at radius 2 is 1.84 bits per heavy atom. The van der Waals surface area contributed by atoms with Crippen LogP contribution in [0.2, 0.25) is 0 Å². The molecule has 2 fully saturated rings. The number of imide groups is 1. The van der Waals surface area contributed by atoms with E-state index >= 15 is 0 Å². The fraction of sp³-hybridized carbons (Fsp3) is 0.400. The van der Waals surface area contributed by atoms with E-state index in [0.29, 0.717) is 6.54 Å². The third-order valence-electron chi connectivity index (χ3n) is 4.63. The number of carbonyl (C=O) groups is 2. The van der Waals surface area contributed by atoms with Gasteiger partial charge in [-0.25, -0.2) is 0 Å². The molecule has 0 N–H and O–H groups in total. The van der Waals surface area contributed by atoms with Crippen LogP contribution in [0, 0.1) is 23.7 Å². The van der Waals surface area contributed by atoms with Gasteiger partial charge in [-0.2, -0.15) is 0 Å². The largest absolute Gasteiger partial charge is 0.278 e. The molecule has 2 bridgehead atoms. The molecule has 2 heterocycles. The van der Waals surface area contributed by atoms with Crippen molar-refractivity contribution in [3.05, 3.63) is 42.2 Å². The molecule has 1 aromatic rings. The first kappa shape index (κ1) is 10.9. The molecule has 4 nitrogen and oxygen atoms in total. The highest BCUT2D eigenvalue weighted by Gasteiger charge is 2.59. The highest BCUT2D eigenvalue weighted by atomic mass is 16.2. The number of likely N-dealkylation sites (tertiary alicyclic amines) is 1. The van der Waals surface area contributed by atoms with E-state index in [0.717, 1.165) is 12.0 Å². The summed E-state index contributed by atoms with van der Waals surface area (Å²) in [4.78, 5) is 30.3. The van der Waals surface area contributed by atoms with E-state index in [1.165, 1.54) is 4.90 Å². The van der Waals surface area contributed by atoms with E-state index in [9.17, 15) is 9.59 Å². The summed E-state index contributed by atoms with van der Waals surface area (Å²) in [5, 5.41) is 0. The molecule has 4 rings (SSSR count). The second-order valence-corrected chi connectivity index (χ2v) is 5.62. The first-order valence-electron chi connectivity index (χ1n) is 6.68. The van der Waals surface area contributed by atoms with Gasteiger partial charge in [0.25, 0.3) is 0 Å². The summed E-state index contributed by atoms with van der Waals surface area (Å²) in [6.45, 7) is 0.359.